The molecule has 0 spiro atoms. The highest BCUT2D eigenvalue weighted by Crippen LogP contribution is 2.15. The Labute approximate surface area is 132 Å². The number of imide groups is 1. The first-order valence-corrected chi connectivity index (χ1v) is 7.25. The zero-order valence-electron chi connectivity index (χ0n) is 12.3. The number of benzene rings is 1. The van der Waals surface area contributed by atoms with Crippen LogP contribution in [0.25, 0.3) is 0 Å². The summed E-state index contributed by atoms with van der Waals surface area (Å²) < 4.78 is 18.6. The minimum Gasteiger partial charge on any atom is -0.370 e. The highest BCUT2D eigenvalue weighted by Gasteiger charge is 2.36. The number of nitrogens with one attached hydrogen (secondary N) is 1. The van der Waals surface area contributed by atoms with Gasteiger partial charge in [0.05, 0.1) is 19.3 Å². The molecule has 3 rings (SSSR count). The number of amides is 4. The Balaban J connectivity index is 1.41. The molecular formula is C15H16FN3O4. The molecule has 7 nitrogen and oxygen atoms in total. The minimum absolute atomic E-state index is 0.0640. The summed E-state index contributed by atoms with van der Waals surface area (Å²) >= 11 is 0. The van der Waals surface area contributed by atoms with Gasteiger partial charge in [0.25, 0.3) is 5.91 Å². The van der Waals surface area contributed by atoms with Crippen LogP contribution in [0.5, 0.6) is 0 Å². The van der Waals surface area contributed by atoms with Gasteiger partial charge in [-0.25, -0.2) is 9.18 Å². The molecule has 8 heteroatoms. The van der Waals surface area contributed by atoms with Crippen LogP contribution >= 0.6 is 0 Å². The number of hydrogen-bond donors (Lipinski definition) is 1. The van der Waals surface area contributed by atoms with Crippen molar-refractivity contribution in [1.29, 1.82) is 0 Å². The topological polar surface area (TPSA) is 79.0 Å². The first-order valence-electron chi connectivity index (χ1n) is 7.25. The van der Waals surface area contributed by atoms with E-state index < -0.39 is 11.9 Å². The number of ether oxygens (including phenoxy) is 1. The van der Waals surface area contributed by atoms with E-state index in [1.54, 1.807) is 12.1 Å². The summed E-state index contributed by atoms with van der Waals surface area (Å²) in [4.78, 5) is 37.2. The zero-order chi connectivity index (χ0) is 16.4. The molecule has 2 aliphatic rings. The van der Waals surface area contributed by atoms with E-state index in [4.69, 9.17) is 4.74 Å². The van der Waals surface area contributed by atoms with Crippen LogP contribution in [0.15, 0.2) is 24.3 Å². The van der Waals surface area contributed by atoms with E-state index >= 15 is 0 Å². The lowest BCUT2D eigenvalue weighted by Gasteiger charge is -2.39. The number of nitrogens with zero attached hydrogens (tertiary/aromatic N) is 2. The number of hydrogen-bond acceptors (Lipinski definition) is 4. The molecule has 2 saturated heterocycles. The van der Waals surface area contributed by atoms with E-state index in [-0.39, 0.29) is 37.5 Å². The monoisotopic (exact) mass is 321 g/mol. The molecule has 0 atom stereocenters. The Morgan fingerprint density at radius 1 is 1.35 bits per heavy atom. The first kappa shape index (κ1) is 15.4. The van der Waals surface area contributed by atoms with Gasteiger partial charge in [-0.3, -0.25) is 14.5 Å². The van der Waals surface area contributed by atoms with Gasteiger partial charge in [-0.2, -0.15) is 0 Å². The van der Waals surface area contributed by atoms with Crippen LogP contribution in [-0.4, -0.2) is 59.9 Å². The highest BCUT2D eigenvalue weighted by molar-refractivity contribution is 6.04. The molecule has 2 fully saturated rings. The molecule has 1 aromatic rings. The minimum atomic E-state index is -0.539. The van der Waals surface area contributed by atoms with Crippen molar-refractivity contribution in [3.05, 3.63) is 35.6 Å². The summed E-state index contributed by atoms with van der Waals surface area (Å²) in [6, 6.07) is 5.61. The van der Waals surface area contributed by atoms with Gasteiger partial charge >= 0.3 is 6.03 Å². The summed E-state index contributed by atoms with van der Waals surface area (Å²) in [5, 5.41) is 2.36. The Kier molecular flexibility index (Phi) is 4.24. The predicted molar refractivity (Wildman–Crippen MR) is 76.7 cm³/mol. The Morgan fingerprint density at radius 3 is 2.78 bits per heavy atom. The average Bonchev–Trinajstić information content (AvgIpc) is 2.77. The van der Waals surface area contributed by atoms with E-state index in [1.165, 1.54) is 17.0 Å². The molecule has 4 amide bonds. The van der Waals surface area contributed by atoms with Crippen LogP contribution in [0.4, 0.5) is 9.18 Å². The normalized spacial score (nSPS) is 18.1. The van der Waals surface area contributed by atoms with Gasteiger partial charge in [-0.05, 0) is 17.7 Å². The second-order valence-electron chi connectivity index (χ2n) is 5.50. The van der Waals surface area contributed by atoms with E-state index in [1.807, 2.05) is 0 Å². The van der Waals surface area contributed by atoms with Crippen molar-refractivity contribution >= 4 is 17.8 Å². The highest BCUT2D eigenvalue weighted by atomic mass is 19.1. The summed E-state index contributed by atoms with van der Waals surface area (Å²) in [7, 11) is 0. The molecule has 0 aromatic heterocycles. The maximum Gasteiger partial charge on any atom is 0.325 e. The van der Waals surface area contributed by atoms with Crippen LogP contribution in [0, 0.1) is 5.82 Å². The SMILES string of the molecule is O=C(CN1C(=O)CNC1=O)N1CC(OCc2cccc(F)c2)C1. The third kappa shape index (κ3) is 3.48. The van der Waals surface area contributed by atoms with Gasteiger partial charge in [0.2, 0.25) is 5.91 Å². The van der Waals surface area contributed by atoms with Crippen molar-refractivity contribution < 1.29 is 23.5 Å². The fraction of sp³-hybridized carbons (Fsp3) is 0.400. The second kappa shape index (κ2) is 6.33. The van der Waals surface area contributed by atoms with Gasteiger partial charge in [-0.15, -0.1) is 0 Å². The fourth-order valence-corrected chi connectivity index (χ4v) is 2.44. The second-order valence-corrected chi connectivity index (χ2v) is 5.50. The molecule has 1 aromatic carbocycles. The standard InChI is InChI=1S/C15H16FN3O4/c16-11-3-1-2-10(4-11)9-23-12-6-18(7-12)14(21)8-19-13(20)5-17-15(19)22/h1-4,12H,5-9H2,(H,17,22). The number of likely N-dealkylation sites (tertiary alicyclic amines) is 1. The molecule has 2 heterocycles. The summed E-state index contributed by atoms with van der Waals surface area (Å²) in [6.45, 7) is 0.764. The smallest absolute Gasteiger partial charge is 0.325 e. The molecule has 1 N–H and O–H groups in total. The molecule has 0 aliphatic carbocycles. The average molecular weight is 321 g/mol. The zero-order valence-corrected chi connectivity index (χ0v) is 12.3. The number of halogens is 1. The van der Waals surface area contributed by atoms with Crippen LogP contribution < -0.4 is 5.32 Å². The molecule has 0 bridgehead atoms. The van der Waals surface area contributed by atoms with Crippen LogP contribution in [0.3, 0.4) is 0 Å². The van der Waals surface area contributed by atoms with Gasteiger partial charge < -0.3 is 15.0 Å². The Morgan fingerprint density at radius 2 is 2.13 bits per heavy atom. The third-order valence-corrected chi connectivity index (χ3v) is 3.81. The summed E-state index contributed by atoms with van der Waals surface area (Å²) in [6.07, 6.45) is -0.120. The molecular weight excluding hydrogens is 305 g/mol. The van der Waals surface area contributed by atoms with Crippen molar-refractivity contribution in [2.45, 2.75) is 12.7 Å². The van der Waals surface area contributed by atoms with E-state index in [2.05, 4.69) is 5.32 Å². The van der Waals surface area contributed by atoms with Crippen LogP contribution in [0.1, 0.15) is 5.56 Å². The molecule has 0 unspecified atom stereocenters. The van der Waals surface area contributed by atoms with Crippen molar-refractivity contribution in [2.24, 2.45) is 0 Å². The van der Waals surface area contributed by atoms with Gasteiger partial charge in [-0.1, -0.05) is 12.1 Å². The maximum absolute atomic E-state index is 13.0. The third-order valence-electron chi connectivity index (χ3n) is 3.81. The van der Waals surface area contributed by atoms with Gasteiger partial charge in [0, 0.05) is 13.1 Å². The van der Waals surface area contributed by atoms with E-state index in [9.17, 15) is 18.8 Å². The van der Waals surface area contributed by atoms with E-state index in [0.29, 0.717) is 13.1 Å². The number of carbonyl (C=O) groups is 3. The Hall–Kier alpha value is -2.48. The van der Waals surface area contributed by atoms with Gasteiger partial charge in [0.15, 0.2) is 0 Å². The number of rotatable bonds is 5. The number of urea groups is 1. The molecule has 23 heavy (non-hydrogen) atoms. The summed E-state index contributed by atoms with van der Waals surface area (Å²) in [5.41, 5.74) is 0.731. The van der Waals surface area contributed by atoms with Crippen molar-refractivity contribution in [2.75, 3.05) is 26.2 Å². The van der Waals surface area contributed by atoms with Gasteiger partial charge in [0.1, 0.15) is 12.4 Å². The Bertz CT molecular complexity index is 629. The van der Waals surface area contributed by atoms with Crippen LogP contribution in [0.2, 0.25) is 0 Å². The molecule has 0 saturated carbocycles. The largest absolute Gasteiger partial charge is 0.370 e. The molecule has 0 radical (unpaired) electrons. The lowest BCUT2D eigenvalue weighted by molar-refractivity contribution is -0.148. The lowest BCUT2D eigenvalue weighted by Crippen LogP contribution is -2.57. The summed E-state index contributed by atoms with van der Waals surface area (Å²) in [5.74, 6) is -1.01. The maximum atomic E-state index is 13.0. The van der Waals surface area contributed by atoms with Crippen LogP contribution in [-0.2, 0) is 20.9 Å². The number of carbonyl (C=O) groups excluding carboxylic acids is 3. The first-order chi connectivity index (χ1) is 11.0. The molecule has 2 aliphatic heterocycles. The van der Waals surface area contributed by atoms with Crippen molar-refractivity contribution in [3.63, 3.8) is 0 Å². The quantitative estimate of drug-likeness (QED) is 0.781. The predicted octanol–water partition coefficient (Wildman–Crippen LogP) is 0.105. The lowest BCUT2D eigenvalue weighted by atomic mass is 10.1. The fourth-order valence-electron chi connectivity index (χ4n) is 2.44. The van der Waals surface area contributed by atoms with E-state index in [0.717, 1.165) is 10.5 Å². The molecule has 122 valence electrons. The van der Waals surface area contributed by atoms with Crippen molar-refractivity contribution in [1.82, 2.24) is 15.1 Å². The van der Waals surface area contributed by atoms with Crippen molar-refractivity contribution in [3.8, 4) is 0 Å².